The highest BCUT2D eigenvalue weighted by molar-refractivity contribution is 5.91. The maximum absolute atomic E-state index is 12.0. The number of hydrogen-bond donors (Lipinski definition) is 2. The molecule has 1 heterocycles. The molecule has 0 atom stereocenters. The van der Waals surface area contributed by atoms with Crippen molar-refractivity contribution in [1.82, 2.24) is 14.5 Å². The van der Waals surface area contributed by atoms with Crippen LogP contribution in [0.5, 0.6) is 5.75 Å². The maximum atomic E-state index is 12.0. The van der Waals surface area contributed by atoms with Crippen molar-refractivity contribution in [2.45, 2.75) is 6.92 Å². The van der Waals surface area contributed by atoms with Gasteiger partial charge in [-0.2, -0.15) is 0 Å². The van der Waals surface area contributed by atoms with Crippen LogP contribution in [-0.4, -0.2) is 35.2 Å². The molecule has 0 saturated heterocycles. The fourth-order valence-electron chi connectivity index (χ4n) is 2.00. The van der Waals surface area contributed by atoms with Crippen molar-refractivity contribution in [3.63, 3.8) is 0 Å². The smallest absolute Gasteiger partial charge is 0.334 e. The lowest BCUT2D eigenvalue weighted by molar-refractivity contribution is 0.319. The molecule has 0 radical (unpaired) electrons. The second-order valence-corrected chi connectivity index (χ2v) is 4.36. The van der Waals surface area contributed by atoms with E-state index in [1.165, 1.54) is 9.13 Å². The van der Waals surface area contributed by atoms with Crippen molar-refractivity contribution in [2.75, 3.05) is 20.2 Å². The number of nitrogens with one attached hydrogen (secondary N) is 2. The monoisotopic (exact) mass is 262 g/mol. The molecule has 6 heteroatoms. The Balaban J connectivity index is 2.47. The molecule has 0 aliphatic heterocycles. The molecule has 1 aromatic carbocycles. The van der Waals surface area contributed by atoms with Crippen LogP contribution in [0, 0.1) is 5.41 Å². The van der Waals surface area contributed by atoms with E-state index in [0.29, 0.717) is 6.61 Å². The van der Waals surface area contributed by atoms with Gasteiger partial charge in [-0.15, -0.1) is 0 Å². The first-order chi connectivity index (χ1) is 9.06. The minimum atomic E-state index is -0.213. The van der Waals surface area contributed by atoms with Gasteiger partial charge in [-0.25, -0.2) is 9.36 Å². The van der Waals surface area contributed by atoms with Crippen LogP contribution >= 0.6 is 0 Å². The molecule has 0 unspecified atom stereocenters. The number of fused-ring (bicyclic) bond motifs is 1. The van der Waals surface area contributed by atoms with Gasteiger partial charge < -0.3 is 10.1 Å². The molecule has 0 spiro atoms. The predicted molar refractivity (Wildman–Crippen MR) is 75.4 cm³/mol. The van der Waals surface area contributed by atoms with E-state index in [-0.39, 0.29) is 11.5 Å². The summed E-state index contributed by atoms with van der Waals surface area (Å²) in [5, 5.41) is 10.7. The molecular weight excluding hydrogens is 244 g/mol. The Hall–Kier alpha value is -2.08. The molecule has 19 heavy (non-hydrogen) atoms. The topological polar surface area (TPSA) is 72.0 Å². The van der Waals surface area contributed by atoms with Crippen LogP contribution in [0.25, 0.3) is 11.0 Å². The van der Waals surface area contributed by atoms with E-state index in [2.05, 4.69) is 5.32 Å². The van der Waals surface area contributed by atoms with E-state index in [1.807, 2.05) is 25.2 Å². The third kappa shape index (κ3) is 2.39. The van der Waals surface area contributed by atoms with E-state index < -0.39 is 0 Å². The Morgan fingerprint density at radius 1 is 1.42 bits per heavy atom. The van der Waals surface area contributed by atoms with E-state index in [1.54, 1.807) is 14.0 Å². The van der Waals surface area contributed by atoms with Crippen LogP contribution in [0.1, 0.15) is 6.92 Å². The molecule has 6 nitrogen and oxygen atoms in total. The molecule has 0 fully saturated rings. The molecule has 2 rings (SSSR count). The minimum absolute atomic E-state index is 0.208. The summed E-state index contributed by atoms with van der Waals surface area (Å²) < 4.78 is 8.49. The summed E-state index contributed by atoms with van der Waals surface area (Å²) in [7, 11) is 3.56. The van der Waals surface area contributed by atoms with Gasteiger partial charge in [0.1, 0.15) is 18.2 Å². The van der Waals surface area contributed by atoms with Gasteiger partial charge in [0.2, 0.25) is 0 Å². The van der Waals surface area contributed by atoms with Gasteiger partial charge >= 0.3 is 5.69 Å². The molecule has 0 bridgehead atoms. The molecule has 0 amide bonds. The van der Waals surface area contributed by atoms with E-state index in [9.17, 15) is 4.79 Å². The minimum Gasteiger partial charge on any atom is -0.492 e. The first kappa shape index (κ1) is 13.4. The number of benzene rings is 1. The van der Waals surface area contributed by atoms with E-state index in [0.717, 1.165) is 23.3 Å². The number of ether oxygens (including phenoxy) is 1. The van der Waals surface area contributed by atoms with Crippen LogP contribution < -0.4 is 15.7 Å². The molecule has 2 N–H and O–H groups in total. The first-order valence-corrected chi connectivity index (χ1v) is 6.10. The zero-order valence-electron chi connectivity index (χ0n) is 11.4. The third-order valence-corrected chi connectivity index (χ3v) is 2.98. The first-order valence-electron chi connectivity index (χ1n) is 6.10. The molecule has 1 aromatic heterocycles. The summed E-state index contributed by atoms with van der Waals surface area (Å²) in [6.07, 6.45) is 0. The lowest BCUT2D eigenvalue weighted by Gasteiger charge is -2.06. The fraction of sp³-hybridized carbons (Fsp3) is 0.385. The summed E-state index contributed by atoms with van der Waals surface area (Å²) in [6, 6.07) is 5.45. The van der Waals surface area contributed by atoms with Gasteiger partial charge in [0.05, 0.1) is 11.0 Å². The highest BCUT2D eigenvalue weighted by Gasteiger charge is 2.12. The van der Waals surface area contributed by atoms with E-state index in [4.69, 9.17) is 10.1 Å². The van der Waals surface area contributed by atoms with Crippen LogP contribution in [0.2, 0.25) is 0 Å². The SMILES string of the molecule is CNCCOc1ccc2c(c1)n(C)c(=O)n2C(C)=N. The Kier molecular flexibility index (Phi) is 3.71. The largest absolute Gasteiger partial charge is 0.492 e. The summed E-state index contributed by atoms with van der Waals surface area (Å²) in [5.74, 6) is 0.928. The van der Waals surface area contributed by atoms with Crippen LogP contribution in [0.4, 0.5) is 0 Å². The van der Waals surface area contributed by atoms with Gasteiger partial charge in [-0.1, -0.05) is 0 Å². The maximum Gasteiger partial charge on any atom is 0.334 e. The number of likely N-dealkylation sites (N-methyl/N-ethyl adjacent to an activating group) is 1. The Labute approximate surface area is 111 Å². The second-order valence-electron chi connectivity index (χ2n) is 4.36. The normalized spacial score (nSPS) is 10.9. The zero-order valence-corrected chi connectivity index (χ0v) is 11.4. The number of aryl methyl sites for hydroxylation is 1. The lowest BCUT2D eigenvalue weighted by atomic mass is 10.3. The number of aromatic nitrogens is 2. The third-order valence-electron chi connectivity index (χ3n) is 2.98. The molecular formula is C13H18N4O2. The van der Waals surface area contributed by atoms with Crippen LogP contribution in [0.15, 0.2) is 23.0 Å². The van der Waals surface area contributed by atoms with Crippen molar-refractivity contribution < 1.29 is 4.74 Å². The Bertz CT molecular complexity index is 669. The van der Waals surface area contributed by atoms with Crippen molar-refractivity contribution in [3.8, 4) is 5.75 Å². The Morgan fingerprint density at radius 2 is 2.16 bits per heavy atom. The number of imidazole rings is 1. The number of rotatable bonds is 4. The highest BCUT2D eigenvalue weighted by Crippen LogP contribution is 2.19. The summed E-state index contributed by atoms with van der Waals surface area (Å²) >= 11 is 0. The Morgan fingerprint density at radius 3 is 2.79 bits per heavy atom. The van der Waals surface area contributed by atoms with Gasteiger partial charge in [0, 0.05) is 19.7 Å². The average molecular weight is 262 g/mol. The quantitative estimate of drug-likeness (QED) is 0.486. The predicted octanol–water partition coefficient (Wildman–Crippen LogP) is 0.783. The number of nitrogens with zero attached hydrogens (tertiary/aromatic N) is 2. The summed E-state index contributed by atoms with van der Waals surface area (Å²) in [5.41, 5.74) is 1.27. The van der Waals surface area contributed by atoms with Crippen LogP contribution in [0.3, 0.4) is 0 Å². The molecule has 102 valence electrons. The molecule has 2 aromatic rings. The van der Waals surface area contributed by atoms with Gasteiger partial charge in [-0.3, -0.25) is 9.98 Å². The molecule has 0 saturated carbocycles. The summed E-state index contributed by atoms with van der Waals surface area (Å²) in [6.45, 7) is 2.93. The summed E-state index contributed by atoms with van der Waals surface area (Å²) in [4.78, 5) is 12.0. The zero-order chi connectivity index (χ0) is 14.0. The van der Waals surface area contributed by atoms with Crippen LogP contribution in [-0.2, 0) is 7.05 Å². The fourth-order valence-corrected chi connectivity index (χ4v) is 2.00. The van der Waals surface area contributed by atoms with Crippen molar-refractivity contribution in [2.24, 2.45) is 7.05 Å². The van der Waals surface area contributed by atoms with Crippen molar-refractivity contribution in [3.05, 3.63) is 28.7 Å². The molecule has 0 aliphatic carbocycles. The van der Waals surface area contributed by atoms with Gasteiger partial charge in [-0.05, 0) is 26.1 Å². The standard InChI is InChI=1S/C13H18N4O2/c1-9(14)17-11-5-4-10(19-7-6-15-2)8-12(11)16(3)13(17)18/h4-5,8,14-15H,6-7H2,1-3H3. The lowest BCUT2D eigenvalue weighted by Crippen LogP contribution is -2.25. The van der Waals surface area contributed by atoms with Gasteiger partial charge in [0.25, 0.3) is 0 Å². The number of hydrogen-bond acceptors (Lipinski definition) is 4. The average Bonchev–Trinajstić information content (AvgIpc) is 2.63. The van der Waals surface area contributed by atoms with Gasteiger partial charge in [0.15, 0.2) is 0 Å². The second kappa shape index (κ2) is 5.27. The van der Waals surface area contributed by atoms with Crippen molar-refractivity contribution >= 4 is 16.9 Å². The highest BCUT2D eigenvalue weighted by atomic mass is 16.5. The molecule has 0 aliphatic rings. The van der Waals surface area contributed by atoms with E-state index >= 15 is 0 Å². The van der Waals surface area contributed by atoms with Crippen molar-refractivity contribution in [1.29, 1.82) is 5.41 Å².